The predicted molar refractivity (Wildman–Crippen MR) is 75.5 cm³/mol. The van der Waals surface area contributed by atoms with Gasteiger partial charge in [0.15, 0.2) is 5.82 Å². The van der Waals surface area contributed by atoms with Crippen LogP contribution in [-0.4, -0.2) is 23.8 Å². The van der Waals surface area contributed by atoms with E-state index in [0.717, 1.165) is 25.8 Å². The molecule has 21 heavy (non-hydrogen) atoms. The molecule has 1 aliphatic rings. The summed E-state index contributed by atoms with van der Waals surface area (Å²) in [7, 11) is 1.50. The minimum Gasteiger partial charge on any atom is -0.497 e. The topological polar surface area (TPSA) is 60.2 Å². The quantitative estimate of drug-likeness (QED) is 0.941. The standard InChI is InChI=1S/C15H18FN3O2/c1-20-10-6-7-11(12(16)9-10)15-18-14(19-21-15)13-5-3-2-4-8-17-13/h6-7,9,13,17H,2-5,8H2,1H3. The molecule has 112 valence electrons. The summed E-state index contributed by atoms with van der Waals surface area (Å²) >= 11 is 0. The smallest absolute Gasteiger partial charge is 0.260 e. The Morgan fingerprint density at radius 1 is 1.33 bits per heavy atom. The van der Waals surface area contributed by atoms with Gasteiger partial charge in [0.05, 0.1) is 18.7 Å². The van der Waals surface area contributed by atoms with Crippen molar-refractivity contribution in [3.63, 3.8) is 0 Å². The Labute approximate surface area is 122 Å². The Bertz CT molecular complexity index is 607. The zero-order chi connectivity index (χ0) is 14.7. The van der Waals surface area contributed by atoms with Gasteiger partial charge in [-0.05, 0) is 31.5 Å². The van der Waals surface area contributed by atoms with Gasteiger partial charge in [0, 0.05) is 6.07 Å². The molecule has 3 rings (SSSR count). The molecule has 0 bridgehead atoms. The fraction of sp³-hybridized carbons (Fsp3) is 0.467. The van der Waals surface area contributed by atoms with Crippen molar-refractivity contribution in [2.24, 2.45) is 0 Å². The number of hydrogen-bond acceptors (Lipinski definition) is 5. The average molecular weight is 291 g/mol. The summed E-state index contributed by atoms with van der Waals surface area (Å²) in [5.74, 6) is 0.832. The van der Waals surface area contributed by atoms with Gasteiger partial charge in [0.1, 0.15) is 11.6 Å². The van der Waals surface area contributed by atoms with Gasteiger partial charge >= 0.3 is 0 Å². The van der Waals surface area contributed by atoms with E-state index in [0.29, 0.717) is 17.1 Å². The van der Waals surface area contributed by atoms with Crippen molar-refractivity contribution in [2.45, 2.75) is 31.7 Å². The molecule has 0 radical (unpaired) electrons. The van der Waals surface area contributed by atoms with Crippen LogP contribution in [0.15, 0.2) is 22.7 Å². The van der Waals surface area contributed by atoms with E-state index in [1.54, 1.807) is 12.1 Å². The van der Waals surface area contributed by atoms with Crippen molar-refractivity contribution in [3.05, 3.63) is 29.8 Å². The number of nitrogens with zero attached hydrogens (tertiary/aromatic N) is 2. The molecule has 1 atom stereocenters. The molecule has 0 aliphatic carbocycles. The lowest BCUT2D eigenvalue weighted by atomic mass is 10.1. The van der Waals surface area contributed by atoms with Crippen LogP contribution in [0.5, 0.6) is 5.75 Å². The van der Waals surface area contributed by atoms with E-state index >= 15 is 0 Å². The van der Waals surface area contributed by atoms with E-state index in [2.05, 4.69) is 15.5 Å². The summed E-state index contributed by atoms with van der Waals surface area (Å²) in [6, 6.07) is 4.66. The maximum absolute atomic E-state index is 14.0. The molecule has 1 N–H and O–H groups in total. The van der Waals surface area contributed by atoms with Crippen LogP contribution in [-0.2, 0) is 0 Å². The van der Waals surface area contributed by atoms with Crippen LogP contribution in [0.4, 0.5) is 4.39 Å². The summed E-state index contributed by atoms with van der Waals surface area (Å²) in [5.41, 5.74) is 0.295. The van der Waals surface area contributed by atoms with Crippen molar-refractivity contribution in [3.8, 4) is 17.2 Å². The van der Waals surface area contributed by atoms with E-state index in [4.69, 9.17) is 9.26 Å². The first-order valence-corrected chi connectivity index (χ1v) is 7.19. The summed E-state index contributed by atoms with van der Waals surface area (Å²) in [6.07, 6.45) is 4.48. The fourth-order valence-electron chi connectivity index (χ4n) is 2.53. The van der Waals surface area contributed by atoms with Crippen LogP contribution in [0.2, 0.25) is 0 Å². The lowest BCUT2D eigenvalue weighted by molar-refractivity contribution is 0.399. The lowest BCUT2D eigenvalue weighted by Crippen LogP contribution is -2.21. The Morgan fingerprint density at radius 2 is 2.24 bits per heavy atom. The maximum atomic E-state index is 14.0. The molecule has 0 spiro atoms. The summed E-state index contributed by atoms with van der Waals surface area (Å²) in [5, 5.41) is 7.39. The molecular formula is C15H18FN3O2. The van der Waals surface area contributed by atoms with Crippen LogP contribution in [0.3, 0.4) is 0 Å². The van der Waals surface area contributed by atoms with Gasteiger partial charge in [-0.1, -0.05) is 18.0 Å². The first kappa shape index (κ1) is 14.0. The second-order valence-corrected chi connectivity index (χ2v) is 5.16. The second kappa shape index (κ2) is 6.22. The first-order chi connectivity index (χ1) is 10.3. The fourth-order valence-corrected chi connectivity index (χ4v) is 2.53. The van der Waals surface area contributed by atoms with Gasteiger partial charge in [-0.3, -0.25) is 0 Å². The molecule has 1 fully saturated rings. The monoisotopic (exact) mass is 291 g/mol. The molecule has 2 heterocycles. The molecule has 2 aromatic rings. The van der Waals surface area contributed by atoms with Gasteiger partial charge in [0.2, 0.25) is 0 Å². The zero-order valence-electron chi connectivity index (χ0n) is 11.9. The highest BCUT2D eigenvalue weighted by molar-refractivity contribution is 5.55. The average Bonchev–Trinajstić information content (AvgIpc) is 2.82. The van der Waals surface area contributed by atoms with Gasteiger partial charge in [0.25, 0.3) is 5.89 Å². The number of ether oxygens (including phenoxy) is 1. The van der Waals surface area contributed by atoms with Crippen molar-refractivity contribution < 1.29 is 13.7 Å². The Morgan fingerprint density at radius 3 is 3.05 bits per heavy atom. The summed E-state index contributed by atoms with van der Waals surface area (Å²) in [6.45, 7) is 0.950. The third-order valence-corrected chi connectivity index (χ3v) is 3.72. The van der Waals surface area contributed by atoms with E-state index in [1.807, 2.05) is 0 Å². The number of aromatic nitrogens is 2. The molecule has 6 heteroatoms. The van der Waals surface area contributed by atoms with E-state index in [-0.39, 0.29) is 11.9 Å². The van der Waals surface area contributed by atoms with Crippen LogP contribution in [0.25, 0.3) is 11.5 Å². The molecule has 1 saturated heterocycles. The van der Waals surface area contributed by atoms with Gasteiger partial charge < -0.3 is 14.6 Å². The van der Waals surface area contributed by atoms with Crippen LogP contribution >= 0.6 is 0 Å². The number of hydrogen-bond donors (Lipinski definition) is 1. The molecule has 1 aliphatic heterocycles. The molecule has 0 amide bonds. The second-order valence-electron chi connectivity index (χ2n) is 5.16. The number of halogens is 1. The van der Waals surface area contributed by atoms with Gasteiger partial charge in [-0.25, -0.2) is 4.39 Å². The minimum absolute atomic E-state index is 0.0892. The zero-order valence-corrected chi connectivity index (χ0v) is 11.9. The SMILES string of the molecule is COc1ccc(-c2nc(C3CCCCCN3)no2)c(F)c1. The lowest BCUT2D eigenvalue weighted by Gasteiger charge is -2.09. The molecule has 1 aromatic carbocycles. The van der Waals surface area contributed by atoms with E-state index in [9.17, 15) is 4.39 Å². The van der Waals surface area contributed by atoms with Gasteiger partial charge in [-0.2, -0.15) is 4.98 Å². The predicted octanol–water partition coefficient (Wildman–Crippen LogP) is 3.09. The molecular weight excluding hydrogens is 273 g/mol. The molecule has 0 saturated carbocycles. The molecule has 1 unspecified atom stereocenters. The molecule has 1 aromatic heterocycles. The van der Waals surface area contributed by atoms with E-state index < -0.39 is 5.82 Å². The Hall–Kier alpha value is -1.95. The third kappa shape index (κ3) is 3.05. The Balaban J connectivity index is 1.84. The van der Waals surface area contributed by atoms with Crippen molar-refractivity contribution in [2.75, 3.05) is 13.7 Å². The van der Waals surface area contributed by atoms with Crippen molar-refractivity contribution >= 4 is 0 Å². The highest BCUT2D eigenvalue weighted by Gasteiger charge is 2.21. The van der Waals surface area contributed by atoms with Crippen LogP contribution in [0, 0.1) is 5.82 Å². The number of nitrogens with one attached hydrogen (secondary N) is 1. The first-order valence-electron chi connectivity index (χ1n) is 7.19. The number of benzene rings is 1. The Kier molecular flexibility index (Phi) is 4.15. The summed E-state index contributed by atoms with van der Waals surface area (Å²) < 4.78 is 24.2. The number of rotatable bonds is 3. The third-order valence-electron chi connectivity index (χ3n) is 3.72. The highest BCUT2D eigenvalue weighted by Crippen LogP contribution is 2.27. The van der Waals surface area contributed by atoms with Gasteiger partial charge in [-0.15, -0.1) is 0 Å². The van der Waals surface area contributed by atoms with Crippen LogP contribution in [0.1, 0.15) is 37.5 Å². The molecule has 5 nitrogen and oxygen atoms in total. The number of methoxy groups -OCH3 is 1. The minimum atomic E-state index is -0.432. The highest BCUT2D eigenvalue weighted by atomic mass is 19.1. The normalized spacial score (nSPS) is 19.2. The maximum Gasteiger partial charge on any atom is 0.260 e. The van der Waals surface area contributed by atoms with E-state index in [1.165, 1.54) is 19.6 Å². The van der Waals surface area contributed by atoms with Crippen LogP contribution < -0.4 is 10.1 Å². The summed E-state index contributed by atoms with van der Waals surface area (Å²) in [4.78, 5) is 4.34. The van der Waals surface area contributed by atoms with Crippen molar-refractivity contribution in [1.29, 1.82) is 0 Å². The van der Waals surface area contributed by atoms with Crippen molar-refractivity contribution in [1.82, 2.24) is 15.5 Å². The largest absolute Gasteiger partial charge is 0.497 e.